The van der Waals surface area contributed by atoms with Gasteiger partial charge >= 0.3 is 0 Å². The monoisotopic (exact) mass is 374 g/mol. The Morgan fingerprint density at radius 1 is 1.09 bits per heavy atom. The number of aryl methyl sites for hydroxylation is 2. The summed E-state index contributed by atoms with van der Waals surface area (Å²) in [5.74, 6) is 1.56. The molecular weight excluding hydrogens is 360 g/mol. The zero-order valence-electron chi connectivity index (χ0n) is 12.1. The second kappa shape index (κ2) is 7.07. The average Bonchev–Trinajstić information content (AvgIpc) is 2.98. The van der Waals surface area contributed by atoms with Gasteiger partial charge in [-0.1, -0.05) is 45.8 Å². The highest BCUT2D eigenvalue weighted by Gasteiger charge is 2.08. The van der Waals surface area contributed by atoms with Crippen molar-refractivity contribution in [2.24, 2.45) is 0 Å². The zero-order valence-corrected chi connectivity index (χ0v) is 14.5. The molecule has 0 atom stereocenters. The lowest BCUT2D eigenvalue weighted by Gasteiger charge is -2.01. The second-order valence-corrected chi connectivity index (χ2v) is 6.87. The van der Waals surface area contributed by atoms with Crippen LogP contribution in [0, 0.1) is 6.92 Å². The van der Waals surface area contributed by atoms with Crippen molar-refractivity contribution in [1.82, 2.24) is 20.2 Å². The molecule has 0 aliphatic rings. The number of hydrogen-bond acceptors (Lipinski definition) is 4. The first-order valence-electron chi connectivity index (χ1n) is 6.94. The summed E-state index contributed by atoms with van der Waals surface area (Å²) in [6, 6.07) is 16.4. The maximum absolute atomic E-state index is 4.44. The quantitative estimate of drug-likeness (QED) is 0.627. The summed E-state index contributed by atoms with van der Waals surface area (Å²) < 4.78 is 0.976. The van der Waals surface area contributed by atoms with Crippen molar-refractivity contribution in [3.63, 3.8) is 0 Å². The minimum atomic E-state index is 0.646. The van der Waals surface area contributed by atoms with E-state index in [9.17, 15) is 0 Å². The van der Waals surface area contributed by atoms with Crippen LogP contribution in [0.1, 0.15) is 5.56 Å². The van der Waals surface area contributed by atoms with E-state index >= 15 is 0 Å². The maximum atomic E-state index is 4.44. The van der Waals surface area contributed by atoms with Crippen LogP contribution in [0.4, 0.5) is 0 Å². The van der Waals surface area contributed by atoms with E-state index in [1.807, 2.05) is 24.3 Å². The van der Waals surface area contributed by atoms with Crippen LogP contribution in [0.5, 0.6) is 0 Å². The molecule has 0 radical (unpaired) electrons. The first-order chi connectivity index (χ1) is 10.7. The second-order valence-electron chi connectivity index (χ2n) is 4.85. The number of halogens is 1. The largest absolute Gasteiger partial charge is 0.206 e. The predicted molar refractivity (Wildman–Crippen MR) is 92.9 cm³/mol. The van der Waals surface area contributed by atoms with Gasteiger partial charge in [0.15, 0.2) is 0 Å². The van der Waals surface area contributed by atoms with E-state index in [0.717, 1.165) is 22.3 Å². The molecule has 0 saturated heterocycles. The third-order valence-corrected chi connectivity index (χ3v) is 4.83. The van der Waals surface area contributed by atoms with E-state index in [0.29, 0.717) is 5.82 Å². The van der Waals surface area contributed by atoms with E-state index in [4.69, 9.17) is 0 Å². The molecule has 22 heavy (non-hydrogen) atoms. The Morgan fingerprint density at radius 2 is 1.86 bits per heavy atom. The van der Waals surface area contributed by atoms with E-state index in [2.05, 4.69) is 62.5 Å². The summed E-state index contributed by atoms with van der Waals surface area (Å²) in [5, 5.41) is 12.7. The Labute approximate surface area is 142 Å². The van der Waals surface area contributed by atoms with Crippen LogP contribution in [0.2, 0.25) is 0 Å². The predicted octanol–water partition coefficient (Wildman–Crippen LogP) is 4.20. The summed E-state index contributed by atoms with van der Waals surface area (Å²) in [6.07, 6.45) is 0. The van der Waals surface area contributed by atoms with Gasteiger partial charge in [0.25, 0.3) is 0 Å². The minimum Gasteiger partial charge on any atom is -0.163 e. The van der Waals surface area contributed by atoms with E-state index in [-0.39, 0.29) is 0 Å². The molecule has 3 rings (SSSR count). The van der Waals surface area contributed by atoms with Crippen molar-refractivity contribution in [3.05, 3.63) is 58.6 Å². The van der Waals surface area contributed by atoms with Crippen LogP contribution in [-0.4, -0.2) is 26.0 Å². The topological polar surface area (TPSA) is 43.6 Å². The van der Waals surface area contributed by atoms with Crippen LogP contribution < -0.4 is 0 Å². The van der Waals surface area contributed by atoms with Crippen molar-refractivity contribution in [1.29, 1.82) is 0 Å². The van der Waals surface area contributed by atoms with Gasteiger partial charge < -0.3 is 0 Å². The number of thioether (sulfide) groups is 1. The molecule has 4 nitrogen and oxygen atoms in total. The fourth-order valence-electron chi connectivity index (χ4n) is 1.97. The number of aromatic nitrogens is 4. The molecule has 0 amide bonds. The molecule has 2 aromatic carbocycles. The Balaban J connectivity index is 1.60. The number of rotatable bonds is 5. The third kappa shape index (κ3) is 3.75. The lowest BCUT2D eigenvalue weighted by molar-refractivity contribution is 0.557. The van der Waals surface area contributed by atoms with E-state index in [1.165, 1.54) is 10.5 Å². The van der Waals surface area contributed by atoms with Crippen LogP contribution in [0.15, 0.2) is 57.9 Å². The summed E-state index contributed by atoms with van der Waals surface area (Å²) in [5.41, 5.74) is 2.24. The van der Waals surface area contributed by atoms with Gasteiger partial charge in [0.1, 0.15) is 0 Å². The summed E-state index contributed by atoms with van der Waals surface area (Å²) in [6.45, 7) is 2.83. The van der Waals surface area contributed by atoms with Crippen molar-refractivity contribution in [2.75, 3.05) is 5.75 Å². The Bertz CT molecular complexity index is 755. The van der Waals surface area contributed by atoms with Gasteiger partial charge in [0, 0.05) is 20.7 Å². The number of benzene rings is 2. The first-order valence-corrected chi connectivity index (χ1v) is 8.72. The van der Waals surface area contributed by atoms with Gasteiger partial charge in [-0.2, -0.15) is 4.80 Å². The Kier molecular flexibility index (Phi) is 4.90. The molecule has 1 heterocycles. The van der Waals surface area contributed by atoms with Gasteiger partial charge in [-0.3, -0.25) is 0 Å². The van der Waals surface area contributed by atoms with Crippen molar-refractivity contribution in [2.45, 2.75) is 18.4 Å². The Hall–Kier alpha value is -1.66. The summed E-state index contributed by atoms with van der Waals surface area (Å²) >= 11 is 5.30. The lowest BCUT2D eigenvalue weighted by atomic mass is 10.2. The van der Waals surface area contributed by atoms with Crippen molar-refractivity contribution >= 4 is 27.7 Å². The van der Waals surface area contributed by atoms with Gasteiger partial charge in [-0.25, -0.2) is 0 Å². The van der Waals surface area contributed by atoms with Crippen molar-refractivity contribution in [3.8, 4) is 11.4 Å². The van der Waals surface area contributed by atoms with Gasteiger partial charge in [0.2, 0.25) is 5.82 Å². The number of tetrazole rings is 1. The molecule has 0 unspecified atom stereocenters. The molecule has 0 spiro atoms. The first kappa shape index (κ1) is 15.2. The Morgan fingerprint density at radius 3 is 2.64 bits per heavy atom. The van der Waals surface area contributed by atoms with Crippen molar-refractivity contribution < 1.29 is 0 Å². The van der Waals surface area contributed by atoms with Crippen LogP contribution in [0.3, 0.4) is 0 Å². The molecule has 0 aliphatic heterocycles. The van der Waals surface area contributed by atoms with Gasteiger partial charge in [0.05, 0.1) is 6.54 Å². The third-order valence-electron chi connectivity index (χ3n) is 3.15. The normalized spacial score (nSPS) is 10.8. The van der Waals surface area contributed by atoms with Crippen LogP contribution in [0.25, 0.3) is 11.4 Å². The molecule has 0 saturated carbocycles. The van der Waals surface area contributed by atoms with E-state index in [1.54, 1.807) is 16.6 Å². The van der Waals surface area contributed by atoms with Gasteiger partial charge in [-0.15, -0.1) is 22.0 Å². The highest BCUT2D eigenvalue weighted by molar-refractivity contribution is 9.10. The fourth-order valence-corrected chi connectivity index (χ4v) is 3.25. The average molecular weight is 375 g/mol. The molecule has 1 aromatic heterocycles. The summed E-state index contributed by atoms with van der Waals surface area (Å²) in [4.78, 5) is 2.91. The molecule has 0 fully saturated rings. The van der Waals surface area contributed by atoms with Crippen LogP contribution >= 0.6 is 27.7 Å². The van der Waals surface area contributed by atoms with E-state index < -0.39 is 0 Å². The SMILES string of the molecule is Cc1ccc(SCCn2nnc(-c3ccccc3Br)n2)cc1. The standard InChI is InChI=1S/C16H15BrN4S/c1-12-6-8-13(9-7-12)22-11-10-21-19-16(18-20-21)14-4-2-3-5-15(14)17/h2-9H,10-11H2,1H3. The number of nitrogens with zero attached hydrogens (tertiary/aromatic N) is 4. The fraction of sp³-hybridized carbons (Fsp3) is 0.188. The molecule has 0 bridgehead atoms. The van der Waals surface area contributed by atoms with Crippen LogP contribution in [-0.2, 0) is 6.54 Å². The highest BCUT2D eigenvalue weighted by Crippen LogP contribution is 2.24. The zero-order chi connectivity index (χ0) is 15.4. The minimum absolute atomic E-state index is 0.646. The lowest BCUT2D eigenvalue weighted by Crippen LogP contribution is -2.04. The summed E-state index contributed by atoms with van der Waals surface area (Å²) in [7, 11) is 0. The molecule has 112 valence electrons. The maximum Gasteiger partial charge on any atom is 0.206 e. The molecule has 0 aliphatic carbocycles. The molecular formula is C16H15BrN4S. The molecule has 3 aromatic rings. The molecule has 6 heteroatoms. The smallest absolute Gasteiger partial charge is 0.163 e. The van der Waals surface area contributed by atoms with Gasteiger partial charge in [-0.05, 0) is 36.4 Å². The number of hydrogen-bond donors (Lipinski definition) is 0. The highest BCUT2D eigenvalue weighted by atomic mass is 79.9. The molecule has 0 N–H and O–H groups in total.